The monoisotopic (exact) mass is 194 g/mol. The van der Waals surface area contributed by atoms with Gasteiger partial charge in [-0.25, -0.2) is 0 Å². The van der Waals surface area contributed by atoms with E-state index in [1.165, 1.54) is 24.0 Å². The summed E-state index contributed by atoms with van der Waals surface area (Å²) < 4.78 is 0. The first-order valence-corrected chi connectivity index (χ1v) is 5.87. The molecule has 82 valence electrons. The van der Waals surface area contributed by atoms with Crippen molar-refractivity contribution < 1.29 is 0 Å². The molecule has 1 unspecified atom stereocenters. The van der Waals surface area contributed by atoms with Gasteiger partial charge in [0, 0.05) is 0 Å². The molecule has 0 bridgehead atoms. The van der Waals surface area contributed by atoms with Crippen molar-refractivity contribution in [2.24, 2.45) is 11.8 Å². The van der Waals surface area contributed by atoms with E-state index in [2.05, 4.69) is 40.9 Å². The van der Waals surface area contributed by atoms with Gasteiger partial charge in [0.2, 0.25) is 0 Å². The molecule has 0 aromatic heterocycles. The van der Waals surface area contributed by atoms with Gasteiger partial charge in [-0.2, -0.15) is 0 Å². The normalized spacial score (nSPS) is 12.9. The molecular weight excluding hydrogens is 168 g/mol. The minimum atomic E-state index is 0.641. The van der Waals surface area contributed by atoms with Crippen LogP contribution in [0, 0.1) is 11.8 Å². The van der Waals surface area contributed by atoms with E-state index in [-0.39, 0.29) is 0 Å². The van der Waals surface area contributed by atoms with Crippen LogP contribution in [-0.2, 0) is 0 Å². The molecule has 0 saturated heterocycles. The lowest BCUT2D eigenvalue weighted by molar-refractivity contribution is 0.425. The molecule has 0 radical (unpaired) electrons. The Hall–Kier alpha value is -0.520. The van der Waals surface area contributed by atoms with E-state index in [1.807, 2.05) is 0 Å². The van der Waals surface area contributed by atoms with Gasteiger partial charge in [0.15, 0.2) is 0 Å². The van der Waals surface area contributed by atoms with Crippen LogP contribution in [0.5, 0.6) is 0 Å². The fourth-order valence-corrected chi connectivity index (χ4v) is 1.81. The van der Waals surface area contributed by atoms with Crippen molar-refractivity contribution >= 4 is 0 Å². The molecule has 0 amide bonds. The molecule has 0 saturated carbocycles. The van der Waals surface area contributed by atoms with Crippen LogP contribution in [-0.4, -0.2) is 0 Å². The zero-order chi connectivity index (χ0) is 11.1. The lowest BCUT2D eigenvalue weighted by atomic mass is 9.82. The van der Waals surface area contributed by atoms with Crippen LogP contribution >= 0.6 is 0 Å². The standard InChI is InChI=1S/C14H26/c1-7-9-13(6)14(11(3)4)10-12(5)8-2/h11,14H,5-10H2,1-4H3. The highest BCUT2D eigenvalue weighted by molar-refractivity contribution is 5.08. The van der Waals surface area contributed by atoms with Crippen LogP contribution in [0.2, 0.25) is 0 Å². The van der Waals surface area contributed by atoms with Gasteiger partial charge in [-0.3, -0.25) is 0 Å². The van der Waals surface area contributed by atoms with Crippen LogP contribution in [0.25, 0.3) is 0 Å². The first kappa shape index (κ1) is 13.5. The summed E-state index contributed by atoms with van der Waals surface area (Å²) >= 11 is 0. The summed E-state index contributed by atoms with van der Waals surface area (Å²) in [5.41, 5.74) is 2.78. The maximum Gasteiger partial charge on any atom is -0.0146 e. The first-order valence-electron chi connectivity index (χ1n) is 5.87. The van der Waals surface area contributed by atoms with Crippen molar-refractivity contribution in [3.63, 3.8) is 0 Å². The van der Waals surface area contributed by atoms with E-state index in [4.69, 9.17) is 0 Å². The summed E-state index contributed by atoms with van der Waals surface area (Å²) in [5.74, 6) is 1.33. The van der Waals surface area contributed by atoms with Gasteiger partial charge in [-0.1, -0.05) is 58.4 Å². The highest BCUT2D eigenvalue weighted by atomic mass is 14.2. The first-order chi connectivity index (χ1) is 6.52. The topological polar surface area (TPSA) is 0 Å². The molecule has 14 heavy (non-hydrogen) atoms. The summed E-state index contributed by atoms with van der Waals surface area (Å²) in [5, 5.41) is 0. The second-order valence-electron chi connectivity index (χ2n) is 4.57. The van der Waals surface area contributed by atoms with Crippen molar-refractivity contribution in [3.8, 4) is 0 Å². The molecule has 0 aliphatic heterocycles. The minimum absolute atomic E-state index is 0.641. The van der Waals surface area contributed by atoms with Gasteiger partial charge in [0.25, 0.3) is 0 Å². The fraction of sp³-hybridized carbons (Fsp3) is 0.714. The van der Waals surface area contributed by atoms with Gasteiger partial charge in [-0.05, 0) is 31.1 Å². The van der Waals surface area contributed by atoms with E-state index in [1.54, 1.807) is 0 Å². The van der Waals surface area contributed by atoms with E-state index >= 15 is 0 Å². The van der Waals surface area contributed by atoms with Gasteiger partial charge >= 0.3 is 0 Å². The predicted molar refractivity (Wildman–Crippen MR) is 66.4 cm³/mol. The third-order valence-electron chi connectivity index (χ3n) is 2.91. The lowest BCUT2D eigenvalue weighted by Gasteiger charge is -2.24. The average molecular weight is 194 g/mol. The molecule has 1 atom stereocenters. The number of allylic oxidation sites excluding steroid dienone is 2. The van der Waals surface area contributed by atoms with Crippen molar-refractivity contribution in [2.75, 3.05) is 0 Å². The maximum atomic E-state index is 4.21. The summed E-state index contributed by atoms with van der Waals surface area (Å²) in [4.78, 5) is 0. The Labute approximate surface area is 90.1 Å². The molecule has 0 aliphatic carbocycles. The van der Waals surface area contributed by atoms with E-state index in [0.29, 0.717) is 11.8 Å². The van der Waals surface area contributed by atoms with Crippen molar-refractivity contribution in [3.05, 3.63) is 24.3 Å². The smallest absolute Gasteiger partial charge is 0.0146 e. The molecule has 0 rings (SSSR count). The number of hydrogen-bond acceptors (Lipinski definition) is 0. The highest BCUT2D eigenvalue weighted by Crippen LogP contribution is 2.29. The maximum absolute atomic E-state index is 4.21. The Morgan fingerprint density at radius 1 is 1.14 bits per heavy atom. The van der Waals surface area contributed by atoms with Gasteiger partial charge in [-0.15, -0.1) is 0 Å². The third kappa shape index (κ3) is 4.64. The molecule has 0 aromatic carbocycles. The summed E-state index contributed by atoms with van der Waals surface area (Å²) in [6.07, 6.45) is 4.61. The summed E-state index contributed by atoms with van der Waals surface area (Å²) in [7, 11) is 0. The molecule has 0 spiro atoms. The van der Waals surface area contributed by atoms with Crippen molar-refractivity contribution in [2.45, 2.75) is 53.4 Å². The molecule has 0 fully saturated rings. The summed E-state index contributed by atoms with van der Waals surface area (Å²) in [6, 6.07) is 0. The fourth-order valence-electron chi connectivity index (χ4n) is 1.81. The van der Waals surface area contributed by atoms with Crippen molar-refractivity contribution in [1.82, 2.24) is 0 Å². The number of rotatable bonds is 7. The molecule has 0 N–H and O–H groups in total. The van der Waals surface area contributed by atoms with Gasteiger partial charge in [0.1, 0.15) is 0 Å². The largest absolute Gasteiger partial charge is 0.0999 e. The zero-order valence-corrected chi connectivity index (χ0v) is 10.4. The third-order valence-corrected chi connectivity index (χ3v) is 2.91. The molecule has 0 nitrogen and oxygen atoms in total. The number of hydrogen-bond donors (Lipinski definition) is 0. The highest BCUT2D eigenvalue weighted by Gasteiger charge is 2.16. The van der Waals surface area contributed by atoms with Crippen LogP contribution in [0.1, 0.15) is 53.4 Å². The Kier molecular flexibility index (Phi) is 6.61. The van der Waals surface area contributed by atoms with E-state index in [0.717, 1.165) is 12.8 Å². The Morgan fingerprint density at radius 2 is 1.71 bits per heavy atom. The Morgan fingerprint density at radius 3 is 2.07 bits per heavy atom. The van der Waals surface area contributed by atoms with Crippen LogP contribution in [0.15, 0.2) is 24.3 Å². The average Bonchev–Trinajstić information content (AvgIpc) is 2.13. The Bertz CT molecular complexity index is 186. The predicted octanol–water partition coefficient (Wildman–Crippen LogP) is 4.97. The minimum Gasteiger partial charge on any atom is -0.0999 e. The molecular formula is C14H26. The van der Waals surface area contributed by atoms with Crippen LogP contribution in [0.3, 0.4) is 0 Å². The SMILES string of the molecule is C=C(CC)CC(C(=C)CCC)C(C)C. The molecule has 0 aromatic rings. The molecule has 0 heteroatoms. The second kappa shape index (κ2) is 6.86. The van der Waals surface area contributed by atoms with Gasteiger partial charge < -0.3 is 0 Å². The zero-order valence-electron chi connectivity index (χ0n) is 10.4. The second-order valence-corrected chi connectivity index (χ2v) is 4.57. The quantitative estimate of drug-likeness (QED) is 0.502. The van der Waals surface area contributed by atoms with Crippen molar-refractivity contribution in [1.29, 1.82) is 0 Å². The van der Waals surface area contributed by atoms with E-state index in [9.17, 15) is 0 Å². The summed E-state index contributed by atoms with van der Waals surface area (Å²) in [6.45, 7) is 17.3. The Balaban J connectivity index is 4.29. The van der Waals surface area contributed by atoms with E-state index < -0.39 is 0 Å². The lowest BCUT2D eigenvalue weighted by Crippen LogP contribution is -2.12. The van der Waals surface area contributed by atoms with Gasteiger partial charge in [0.05, 0.1) is 0 Å². The molecule has 0 aliphatic rings. The van der Waals surface area contributed by atoms with Crippen LogP contribution in [0.4, 0.5) is 0 Å². The van der Waals surface area contributed by atoms with Crippen LogP contribution < -0.4 is 0 Å². The molecule has 0 heterocycles.